The highest BCUT2D eigenvalue weighted by Crippen LogP contribution is 2.16. The summed E-state index contributed by atoms with van der Waals surface area (Å²) in [6.45, 7) is 1.83. The first-order valence-corrected chi connectivity index (χ1v) is 8.93. The molecule has 0 saturated carbocycles. The summed E-state index contributed by atoms with van der Waals surface area (Å²) in [5.41, 5.74) is 1.12. The van der Waals surface area contributed by atoms with E-state index in [0.717, 1.165) is 10.0 Å². The molecule has 1 saturated heterocycles. The van der Waals surface area contributed by atoms with Crippen LogP contribution in [0.5, 0.6) is 0 Å². The van der Waals surface area contributed by atoms with E-state index in [-0.39, 0.29) is 11.8 Å². The third-order valence-corrected chi connectivity index (χ3v) is 5.67. The summed E-state index contributed by atoms with van der Waals surface area (Å²) < 4.78 is 29.2. The topological polar surface area (TPSA) is 55.4 Å². The Morgan fingerprint density at radius 1 is 1.37 bits per heavy atom. The minimum Gasteiger partial charge on any atom is -0.375 e. The molecule has 1 fully saturated rings. The lowest BCUT2D eigenvalue weighted by atomic mass is 10.2. The largest absolute Gasteiger partial charge is 0.375 e. The van der Waals surface area contributed by atoms with Gasteiger partial charge in [0.25, 0.3) is 0 Å². The summed E-state index contributed by atoms with van der Waals surface area (Å²) in [6.07, 6.45) is 0.715. The van der Waals surface area contributed by atoms with E-state index in [2.05, 4.69) is 21.2 Å². The Balaban J connectivity index is 1.62. The van der Waals surface area contributed by atoms with Crippen LogP contribution in [-0.4, -0.2) is 39.1 Å². The smallest absolute Gasteiger partial charge is 0.151 e. The molecule has 1 unspecified atom stereocenters. The number of sulfone groups is 1. The van der Waals surface area contributed by atoms with Crippen LogP contribution < -0.4 is 5.32 Å². The van der Waals surface area contributed by atoms with Gasteiger partial charge >= 0.3 is 0 Å². The molecule has 2 rings (SSSR count). The molecular formula is C13H18BrNO3S. The Bertz CT molecular complexity index is 518. The number of ether oxygens (including phenoxy) is 1. The fourth-order valence-electron chi connectivity index (χ4n) is 2.09. The summed E-state index contributed by atoms with van der Waals surface area (Å²) in [6, 6.07) is 8.04. The number of hydrogen-bond acceptors (Lipinski definition) is 4. The van der Waals surface area contributed by atoms with Crippen LogP contribution in [0.15, 0.2) is 28.7 Å². The van der Waals surface area contributed by atoms with Crippen molar-refractivity contribution in [3.05, 3.63) is 34.3 Å². The van der Waals surface area contributed by atoms with Crippen molar-refractivity contribution in [2.75, 3.05) is 24.7 Å². The van der Waals surface area contributed by atoms with Crippen LogP contribution in [0.4, 0.5) is 0 Å². The van der Waals surface area contributed by atoms with Crippen molar-refractivity contribution in [2.45, 2.75) is 19.1 Å². The molecule has 106 valence electrons. The van der Waals surface area contributed by atoms with Crippen LogP contribution >= 0.6 is 15.9 Å². The second-order valence-electron chi connectivity index (χ2n) is 4.70. The molecule has 1 aliphatic heterocycles. The molecule has 0 spiro atoms. The predicted octanol–water partition coefficient (Wildman–Crippen LogP) is 1.74. The summed E-state index contributed by atoms with van der Waals surface area (Å²) in [5, 5.41) is 3.22. The maximum atomic E-state index is 11.3. The van der Waals surface area contributed by atoms with Crippen LogP contribution in [0.2, 0.25) is 0 Å². The summed E-state index contributed by atoms with van der Waals surface area (Å²) in [5.74, 6) is 0.569. The number of benzene rings is 1. The Morgan fingerprint density at radius 3 is 2.84 bits per heavy atom. The number of hydrogen-bond donors (Lipinski definition) is 1. The number of rotatable bonds is 6. The molecule has 1 aromatic rings. The average Bonchev–Trinajstić information content (AvgIpc) is 2.71. The van der Waals surface area contributed by atoms with Crippen molar-refractivity contribution in [2.24, 2.45) is 0 Å². The second-order valence-corrected chi connectivity index (χ2v) is 7.78. The molecule has 19 heavy (non-hydrogen) atoms. The first-order chi connectivity index (χ1) is 9.07. The van der Waals surface area contributed by atoms with Crippen LogP contribution in [0.1, 0.15) is 12.0 Å². The number of nitrogens with one attached hydrogen (secondary N) is 1. The van der Waals surface area contributed by atoms with E-state index in [4.69, 9.17) is 4.74 Å². The monoisotopic (exact) mass is 347 g/mol. The van der Waals surface area contributed by atoms with E-state index in [0.29, 0.717) is 31.9 Å². The van der Waals surface area contributed by atoms with E-state index < -0.39 is 9.84 Å². The SMILES string of the molecule is O=S1(=O)CCC(NCCOCc2ccccc2Br)C1. The maximum absolute atomic E-state index is 11.3. The molecule has 1 aromatic carbocycles. The van der Waals surface area contributed by atoms with Crippen molar-refractivity contribution in [1.29, 1.82) is 0 Å². The van der Waals surface area contributed by atoms with Crippen molar-refractivity contribution < 1.29 is 13.2 Å². The van der Waals surface area contributed by atoms with E-state index >= 15 is 0 Å². The molecule has 1 N–H and O–H groups in total. The molecule has 1 atom stereocenters. The van der Waals surface area contributed by atoms with Crippen molar-refractivity contribution >= 4 is 25.8 Å². The van der Waals surface area contributed by atoms with Crippen molar-refractivity contribution in [3.63, 3.8) is 0 Å². The summed E-state index contributed by atoms with van der Waals surface area (Å²) in [7, 11) is -2.80. The van der Waals surface area contributed by atoms with Gasteiger partial charge in [-0.1, -0.05) is 34.1 Å². The minimum atomic E-state index is -2.80. The van der Waals surface area contributed by atoms with Gasteiger partial charge < -0.3 is 10.1 Å². The first kappa shape index (κ1) is 15.0. The van der Waals surface area contributed by atoms with Crippen LogP contribution in [0.25, 0.3) is 0 Å². The predicted molar refractivity (Wildman–Crippen MR) is 78.9 cm³/mol. The highest BCUT2D eigenvalue weighted by molar-refractivity contribution is 9.10. The molecule has 0 radical (unpaired) electrons. The lowest BCUT2D eigenvalue weighted by Gasteiger charge is -2.11. The van der Waals surface area contributed by atoms with Gasteiger partial charge in [0, 0.05) is 17.1 Å². The zero-order valence-electron chi connectivity index (χ0n) is 10.6. The van der Waals surface area contributed by atoms with Gasteiger partial charge in [-0.05, 0) is 18.1 Å². The van der Waals surface area contributed by atoms with Gasteiger partial charge in [-0.25, -0.2) is 8.42 Å². The summed E-state index contributed by atoms with van der Waals surface area (Å²) >= 11 is 3.47. The highest BCUT2D eigenvalue weighted by atomic mass is 79.9. The van der Waals surface area contributed by atoms with E-state index in [9.17, 15) is 8.42 Å². The van der Waals surface area contributed by atoms with E-state index in [1.165, 1.54) is 0 Å². The van der Waals surface area contributed by atoms with Crippen molar-refractivity contribution in [1.82, 2.24) is 5.32 Å². The first-order valence-electron chi connectivity index (χ1n) is 6.32. The zero-order valence-corrected chi connectivity index (χ0v) is 13.0. The Kier molecular flexibility index (Phi) is 5.38. The molecule has 1 heterocycles. The fraction of sp³-hybridized carbons (Fsp3) is 0.538. The van der Waals surface area contributed by atoms with Crippen LogP contribution in [0, 0.1) is 0 Å². The molecule has 0 amide bonds. The zero-order chi connectivity index (χ0) is 13.7. The molecule has 6 heteroatoms. The van der Waals surface area contributed by atoms with Gasteiger partial charge in [-0.3, -0.25) is 0 Å². The molecule has 0 aromatic heterocycles. The quantitative estimate of drug-likeness (QED) is 0.796. The van der Waals surface area contributed by atoms with Crippen molar-refractivity contribution in [3.8, 4) is 0 Å². The van der Waals surface area contributed by atoms with E-state index in [1.807, 2.05) is 24.3 Å². The van der Waals surface area contributed by atoms with Crippen LogP contribution in [0.3, 0.4) is 0 Å². The van der Waals surface area contributed by atoms with Gasteiger partial charge in [0.2, 0.25) is 0 Å². The van der Waals surface area contributed by atoms with E-state index in [1.54, 1.807) is 0 Å². The third kappa shape index (κ3) is 4.87. The molecule has 1 aliphatic rings. The Hall–Kier alpha value is -0.430. The van der Waals surface area contributed by atoms with Gasteiger partial charge in [0.1, 0.15) is 0 Å². The summed E-state index contributed by atoms with van der Waals surface area (Å²) in [4.78, 5) is 0. The lowest BCUT2D eigenvalue weighted by molar-refractivity contribution is 0.121. The van der Waals surface area contributed by atoms with Gasteiger partial charge in [0.05, 0.1) is 24.7 Å². The Morgan fingerprint density at radius 2 is 2.16 bits per heavy atom. The molecular weight excluding hydrogens is 330 g/mol. The lowest BCUT2D eigenvalue weighted by Crippen LogP contribution is -2.32. The second kappa shape index (κ2) is 6.83. The normalized spacial score (nSPS) is 21.6. The standard InChI is InChI=1S/C13H18BrNO3S/c14-13-4-2-1-3-11(13)9-18-7-6-15-12-5-8-19(16,17)10-12/h1-4,12,15H,5-10H2. The van der Waals surface area contributed by atoms with Gasteiger partial charge in [-0.2, -0.15) is 0 Å². The Labute approximate surface area is 122 Å². The molecule has 4 nitrogen and oxygen atoms in total. The average molecular weight is 348 g/mol. The van der Waals surface area contributed by atoms with Gasteiger partial charge in [0.15, 0.2) is 9.84 Å². The highest BCUT2D eigenvalue weighted by Gasteiger charge is 2.26. The van der Waals surface area contributed by atoms with Gasteiger partial charge in [-0.15, -0.1) is 0 Å². The number of halogens is 1. The molecule has 0 bridgehead atoms. The maximum Gasteiger partial charge on any atom is 0.151 e. The third-order valence-electron chi connectivity index (χ3n) is 3.13. The van der Waals surface area contributed by atoms with Crippen LogP contribution in [-0.2, 0) is 21.2 Å². The fourth-order valence-corrected chi connectivity index (χ4v) is 4.20. The molecule has 0 aliphatic carbocycles. The minimum absolute atomic E-state index is 0.0945.